The Morgan fingerprint density at radius 3 is 2.29 bits per heavy atom. The molecule has 0 N–H and O–H groups in total. The quantitative estimate of drug-likeness (QED) is 0.291. The first-order chi connectivity index (χ1) is 16.3. The van der Waals surface area contributed by atoms with Crippen LogP contribution in [0.1, 0.15) is 65.8 Å². The Bertz CT molecular complexity index is 1030. The lowest BCUT2D eigenvalue weighted by atomic mass is 10.1. The van der Waals surface area contributed by atoms with E-state index >= 15 is 0 Å². The molecule has 7 nitrogen and oxygen atoms in total. The fourth-order valence-corrected chi connectivity index (χ4v) is 3.77. The van der Waals surface area contributed by atoms with Crippen molar-refractivity contribution in [1.82, 2.24) is 0 Å². The van der Waals surface area contributed by atoms with E-state index in [-0.39, 0.29) is 24.7 Å². The number of hydrogen-bond donors (Lipinski definition) is 0. The van der Waals surface area contributed by atoms with Gasteiger partial charge in [0.2, 0.25) is 11.7 Å². The molecular formula is C27H31NO6. The van der Waals surface area contributed by atoms with Crippen LogP contribution in [0, 0.1) is 12.8 Å². The highest BCUT2D eigenvalue weighted by Crippen LogP contribution is 2.27. The van der Waals surface area contributed by atoms with Crippen molar-refractivity contribution in [1.29, 1.82) is 0 Å². The number of rotatable bonds is 10. The van der Waals surface area contributed by atoms with Crippen molar-refractivity contribution in [3.8, 4) is 0 Å². The molecule has 0 spiro atoms. The summed E-state index contributed by atoms with van der Waals surface area (Å²) in [7, 11) is 0. The van der Waals surface area contributed by atoms with E-state index in [4.69, 9.17) is 9.47 Å². The van der Waals surface area contributed by atoms with E-state index in [1.165, 1.54) is 11.8 Å². The van der Waals surface area contributed by atoms with Gasteiger partial charge in [0.15, 0.2) is 6.10 Å². The van der Waals surface area contributed by atoms with Gasteiger partial charge in [-0.25, -0.2) is 4.79 Å². The second-order valence-electron chi connectivity index (χ2n) is 8.60. The molecule has 1 aliphatic rings. The highest BCUT2D eigenvalue weighted by atomic mass is 16.5. The van der Waals surface area contributed by atoms with E-state index in [0.29, 0.717) is 23.4 Å². The van der Waals surface area contributed by atoms with E-state index in [0.717, 1.165) is 24.8 Å². The zero-order chi connectivity index (χ0) is 24.7. The highest BCUT2D eigenvalue weighted by Gasteiger charge is 2.37. The molecule has 2 aromatic rings. The predicted octanol–water partition coefficient (Wildman–Crippen LogP) is 4.51. The lowest BCUT2D eigenvalue weighted by Crippen LogP contribution is -2.30. The summed E-state index contributed by atoms with van der Waals surface area (Å²) in [5, 5.41) is 0. The zero-order valence-electron chi connectivity index (χ0n) is 19.9. The number of ether oxygens (including phenoxy) is 2. The average molecular weight is 466 g/mol. The van der Waals surface area contributed by atoms with Gasteiger partial charge in [-0.3, -0.25) is 14.4 Å². The Morgan fingerprint density at radius 2 is 1.65 bits per heavy atom. The standard InChI is InChI=1S/C27H31NO6/c1-4-5-6-15-33-26(31)21-11-13-23(14-12-21)28-17-22(16-24(28)29)27(32)34-19(3)25(30)20-9-7-18(2)8-10-20/h7-14,19,22H,4-6,15-17H2,1-3H3/t19-,22-/m0/s1. The third-order valence-corrected chi connectivity index (χ3v) is 5.85. The number of Topliss-reactive ketones (excluding diaryl/α,β-unsaturated/α-hetero) is 1. The summed E-state index contributed by atoms with van der Waals surface area (Å²) < 4.78 is 10.6. The minimum absolute atomic E-state index is 0.00545. The molecule has 0 unspecified atom stereocenters. The van der Waals surface area contributed by atoms with E-state index in [1.807, 2.05) is 19.1 Å². The van der Waals surface area contributed by atoms with Crippen LogP contribution in [0.5, 0.6) is 0 Å². The van der Waals surface area contributed by atoms with Gasteiger partial charge in [-0.05, 0) is 44.5 Å². The number of hydrogen-bond acceptors (Lipinski definition) is 6. The van der Waals surface area contributed by atoms with Crippen LogP contribution in [0.4, 0.5) is 5.69 Å². The van der Waals surface area contributed by atoms with Crippen LogP contribution in [0.2, 0.25) is 0 Å². The zero-order valence-corrected chi connectivity index (χ0v) is 19.9. The Balaban J connectivity index is 1.55. The number of unbranched alkanes of at least 4 members (excludes halogenated alkanes) is 2. The number of benzene rings is 2. The molecule has 1 saturated heterocycles. The Morgan fingerprint density at radius 1 is 1.00 bits per heavy atom. The van der Waals surface area contributed by atoms with Gasteiger partial charge >= 0.3 is 11.9 Å². The first-order valence-electron chi connectivity index (χ1n) is 11.7. The van der Waals surface area contributed by atoms with Crippen molar-refractivity contribution in [3.63, 3.8) is 0 Å². The SMILES string of the molecule is CCCCCOC(=O)c1ccc(N2C[C@@H](C(=O)O[C@@H](C)C(=O)c3ccc(C)cc3)CC2=O)cc1. The van der Waals surface area contributed by atoms with Crippen LogP contribution in [0.15, 0.2) is 48.5 Å². The fourth-order valence-electron chi connectivity index (χ4n) is 3.77. The molecule has 3 rings (SSSR count). The Hall–Kier alpha value is -3.48. The molecular weight excluding hydrogens is 434 g/mol. The first-order valence-corrected chi connectivity index (χ1v) is 11.7. The van der Waals surface area contributed by atoms with Gasteiger partial charge in [0.1, 0.15) is 0 Å². The normalized spacial score (nSPS) is 16.3. The molecule has 180 valence electrons. The van der Waals surface area contributed by atoms with Crippen LogP contribution < -0.4 is 4.90 Å². The highest BCUT2D eigenvalue weighted by molar-refractivity contribution is 6.02. The number of aryl methyl sites for hydroxylation is 1. The van der Waals surface area contributed by atoms with E-state index in [1.54, 1.807) is 36.4 Å². The lowest BCUT2D eigenvalue weighted by Gasteiger charge is -2.18. The molecule has 0 bridgehead atoms. The number of nitrogens with zero attached hydrogens (tertiary/aromatic N) is 1. The molecule has 0 saturated carbocycles. The number of carbonyl (C=O) groups excluding carboxylic acids is 4. The molecule has 1 aliphatic heterocycles. The fraction of sp³-hybridized carbons (Fsp3) is 0.407. The second-order valence-corrected chi connectivity index (χ2v) is 8.60. The minimum atomic E-state index is -0.943. The summed E-state index contributed by atoms with van der Waals surface area (Å²) in [6.07, 6.45) is 1.95. The van der Waals surface area contributed by atoms with Crippen molar-refractivity contribution in [3.05, 3.63) is 65.2 Å². The lowest BCUT2D eigenvalue weighted by molar-refractivity contribution is -0.151. The third-order valence-electron chi connectivity index (χ3n) is 5.85. The molecule has 1 heterocycles. The Labute approximate surface area is 200 Å². The number of anilines is 1. The minimum Gasteiger partial charge on any atom is -0.462 e. The summed E-state index contributed by atoms with van der Waals surface area (Å²) in [6, 6.07) is 13.6. The summed E-state index contributed by atoms with van der Waals surface area (Å²) in [5.41, 5.74) is 2.50. The summed E-state index contributed by atoms with van der Waals surface area (Å²) in [6.45, 7) is 6.08. The summed E-state index contributed by atoms with van der Waals surface area (Å²) >= 11 is 0. The van der Waals surface area contributed by atoms with Crippen LogP contribution in [-0.2, 0) is 19.1 Å². The molecule has 0 aliphatic carbocycles. The smallest absolute Gasteiger partial charge is 0.338 e. The van der Waals surface area contributed by atoms with Gasteiger partial charge in [0.05, 0.1) is 18.1 Å². The molecule has 1 amide bonds. The first kappa shape index (κ1) is 25.1. The topological polar surface area (TPSA) is 90.0 Å². The molecule has 2 atom stereocenters. The molecule has 7 heteroatoms. The van der Waals surface area contributed by atoms with E-state index in [9.17, 15) is 19.2 Å². The summed E-state index contributed by atoms with van der Waals surface area (Å²) in [5.74, 6) is -2.13. The molecule has 34 heavy (non-hydrogen) atoms. The van der Waals surface area contributed by atoms with Crippen molar-refractivity contribution in [2.24, 2.45) is 5.92 Å². The maximum atomic E-state index is 12.6. The maximum Gasteiger partial charge on any atom is 0.338 e. The molecule has 0 radical (unpaired) electrons. The van der Waals surface area contributed by atoms with Gasteiger partial charge in [0, 0.05) is 24.2 Å². The monoisotopic (exact) mass is 465 g/mol. The second kappa shape index (κ2) is 11.6. The van der Waals surface area contributed by atoms with Crippen LogP contribution in [0.25, 0.3) is 0 Å². The largest absolute Gasteiger partial charge is 0.462 e. The van der Waals surface area contributed by atoms with Crippen LogP contribution >= 0.6 is 0 Å². The summed E-state index contributed by atoms with van der Waals surface area (Å²) in [4.78, 5) is 51.4. The van der Waals surface area contributed by atoms with Crippen LogP contribution in [0.3, 0.4) is 0 Å². The van der Waals surface area contributed by atoms with Gasteiger partial charge in [-0.1, -0.05) is 49.6 Å². The van der Waals surface area contributed by atoms with E-state index in [2.05, 4.69) is 6.92 Å². The van der Waals surface area contributed by atoms with Crippen molar-refractivity contribution < 1.29 is 28.7 Å². The third kappa shape index (κ3) is 6.31. The number of carbonyl (C=O) groups is 4. The number of ketones is 1. The van der Waals surface area contributed by atoms with Crippen molar-refractivity contribution >= 4 is 29.3 Å². The van der Waals surface area contributed by atoms with Crippen LogP contribution in [-0.4, -0.2) is 42.9 Å². The number of esters is 2. The predicted molar refractivity (Wildman–Crippen MR) is 128 cm³/mol. The van der Waals surface area contributed by atoms with Crippen molar-refractivity contribution in [2.45, 2.75) is 52.6 Å². The van der Waals surface area contributed by atoms with Gasteiger partial charge in [-0.2, -0.15) is 0 Å². The van der Waals surface area contributed by atoms with Gasteiger partial charge < -0.3 is 14.4 Å². The average Bonchev–Trinajstić information content (AvgIpc) is 3.23. The molecule has 1 fully saturated rings. The number of amides is 1. The maximum absolute atomic E-state index is 12.6. The van der Waals surface area contributed by atoms with Crippen molar-refractivity contribution in [2.75, 3.05) is 18.1 Å². The Kier molecular flexibility index (Phi) is 8.57. The van der Waals surface area contributed by atoms with Gasteiger partial charge in [0.25, 0.3) is 0 Å². The van der Waals surface area contributed by atoms with Gasteiger partial charge in [-0.15, -0.1) is 0 Å². The molecule has 2 aromatic carbocycles. The van der Waals surface area contributed by atoms with E-state index < -0.39 is 24.0 Å². The molecule has 0 aromatic heterocycles.